The fraction of sp³-hybridized carbons (Fsp3) is 0.370. The van der Waals surface area contributed by atoms with E-state index in [4.69, 9.17) is 27.9 Å². The fourth-order valence-corrected chi connectivity index (χ4v) is 4.55. The first-order chi connectivity index (χ1) is 17.0. The summed E-state index contributed by atoms with van der Waals surface area (Å²) in [5.41, 5.74) is 2.76. The van der Waals surface area contributed by atoms with Crippen LogP contribution in [0.1, 0.15) is 43.0 Å². The molecule has 0 saturated carbocycles. The van der Waals surface area contributed by atoms with Crippen LogP contribution in [0, 0.1) is 12.8 Å². The van der Waals surface area contributed by atoms with Crippen LogP contribution in [0.4, 0.5) is 0 Å². The van der Waals surface area contributed by atoms with Crippen LogP contribution < -0.4 is 4.74 Å². The van der Waals surface area contributed by atoms with E-state index in [0.717, 1.165) is 16.7 Å². The topological polar surface area (TPSA) is 95.2 Å². The number of aromatic hydroxyl groups is 2. The van der Waals surface area contributed by atoms with E-state index in [9.17, 15) is 20.1 Å². The summed E-state index contributed by atoms with van der Waals surface area (Å²) in [6.07, 6.45) is -0.0655. The van der Waals surface area contributed by atoms with E-state index in [2.05, 4.69) is 18.7 Å². The number of nitrogens with zero attached hydrogens (tertiary/aromatic N) is 2. The van der Waals surface area contributed by atoms with Crippen LogP contribution >= 0.6 is 23.2 Å². The predicted molar refractivity (Wildman–Crippen MR) is 141 cm³/mol. The maximum atomic E-state index is 11.8. The SMILES string of the molecule is Cc1cc(CN(CC(C)C)C(CC(=O)O)c2ccc(Cl)c(Cl)c2)ccc1OCCn1c(O)ccc1O. The van der Waals surface area contributed by atoms with E-state index in [1.54, 1.807) is 12.1 Å². The second kappa shape index (κ2) is 12.4. The Hall–Kier alpha value is -2.87. The second-order valence-corrected chi connectivity index (χ2v) is 10.1. The van der Waals surface area contributed by atoms with Crippen molar-refractivity contribution < 1.29 is 24.9 Å². The lowest BCUT2D eigenvalue weighted by Crippen LogP contribution is -2.33. The summed E-state index contributed by atoms with van der Waals surface area (Å²) in [7, 11) is 0. The molecule has 3 aromatic rings. The second-order valence-electron chi connectivity index (χ2n) is 9.26. The summed E-state index contributed by atoms with van der Waals surface area (Å²) in [5, 5.41) is 30.0. The monoisotopic (exact) mass is 534 g/mol. The minimum absolute atomic E-state index is 0.0219. The molecule has 194 valence electrons. The molecule has 0 spiro atoms. The number of carboxylic acids is 1. The Kier molecular flexibility index (Phi) is 9.54. The van der Waals surface area contributed by atoms with E-state index >= 15 is 0 Å². The number of hydrogen-bond acceptors (Lipinski definition) is 5. The van der Waals surface area contributed by atoms with Gasteiger partial charge in [-0.05, 0) is 47.7 Å². The van der Waals surface area contributed by atoms with E-state index in [1.807, 2.05) is 31.2 Å². The summed E-state index contributed by atoms with van der Waals surface area (Å²) in [5.74, 6) is 0.0817. The first-order valence-corrected chi connectivity index (χ1v) is 12.5. The zero-order valence-corrected chi connectivity index (χ0v) is 22.1. The maximum Gasteiger partial charge on any atom is 0.305 e. The molecule has 0 bridgehead atoms. The quantitative estimate of drug-likeness (QED) is 0.253. The standard InChI is InChI=1S/C27H32Cl2N2O5/c1-17(2)15-30(23(14-27(34)35)20-5-6-21(28)22(29)13-20)16-19-4-7-24(18(3)12-19)36-11-10-31-25(32)8-9-26(31)33/h4-9,12-13,17,23,32-33H,10-11,14-16H2,1-3H3,(H,34,35). The van der Waals surface area contributed by atoms with Crippen LogP contribution in [0.3, 0.4) is 0 Å². The first-order valence-electron chi connectivity index (χ1n) is 11.8. The number of carboxylic acid groups (broad SMARTS) is 1. The fourth-order valence-electron chi connectivity index (χ4n) is 4.24. The highest BCUT2D eigenvalue weighted by molar-refractivity contribution is 6.42. The number of halogens is 2. The van der Waals surface area contributed by atoms with Gasteiger partial charge >= 0.3 is 5.97 Å². The molecule has 0 aliphatic heterocycles. The summed E-state index contributed by atoms with van der Waals surface area (Å²) in [6, 6.07) is 13.6. The number of rotatable bonds is 12. The van der Waals surface area contributed by atoms with Crippen LogP contribution in [0.25, 0.3) is 0 Å². The van der Waals surface area contributed by atoms with Crippen LogP contribution in [-0.4, -0.2) is 43.9 Å². The molecule has 0 aliphatic carbocycles. The van der Waals surface area contributed by atoms with Crippen LogP contribution in [0.15, 0.2) is 48.5 Å². The normalized spacial score (nSPS) is 12.3. The lowest BCUT2D eigenvalue weighted by molar-refractivity contribution is -0.138. The van der Waals surface area contributed by atoms with Crippen molar-refractivity contribution in [1.82, 2.24) is 9.47 Å². The van der Waals surface area contributed by atoms with Crippen LogP contribution in [0.5, 0.6) is 17.5 Å². The minimum atomic E-state index is -0.889. The number of hydrogen-bond donors (Lipinski definition) is 3. The zero-order chi connectivity index (χ0) is 26.4. The molecule has 36 heavy (non-hydrogen) atoms. The highest BCUT2D eigenvalue weighted by Crippen LogP contribution is 2.32. The summed E-state index contributed by atoms with van der Waals surface area (Å²) >= 11 is 12.4. The van der Waals surface area contributed by atoms with Gasteiger partial charge in [0.15, 0.2) is 11.8 Å². The smallest absolute Gasteiger partial charge is 0.305 e. The zero-order valence-electron chi connectivity index (χ0n) is 20.6. The number of ether oxygens (including phenoxy) is 1. The number of aryl methyl sites for hydroxylation is 1. The highest BCUT2D eigenvalue weighted by Gasteiger charge is 2.25. The Labute approximate surface area is 221 Å². The molecule has 1 aromatic heterocycles. The molecule has 0 amide bonds. The average Bonchev–Trinajstić information content (AvgIpc) is 3.12. The van der Waals surface area contributed by atoms with Crippen LogP contribution in [-0.2, 0) is 17.9 Å². The maximum absolute atomic E-state index is 11.8. The summed E-state index contributed by atoms with van der Waals surface area (Å²) < 4.78 is 7.24. The van der Waals surface area contributed by atoms with Gasteiger partial charge in [0.05, 0.1) is 23.0 Å². The molecule has 3 N–H and O–H groups in total. The molecular formula is C27H32Cl2N2O5. The molecule has 9 heteroatoms. The van der Waals surface area contributed by atoms with Crippen molar-refractivity contribution in [3.8, 4) is 17.5 Å². The van der Waals surface area contributed by atoms with Gasteiger partial charge in [-0.15, -0.1) is 0 Å². The Bertz CT molecular complexity index is 1180. The van der Waals surface area contributed by atoms with Crippen molar-refractivity contribution >= 4 is 29.2 Å². The molecule has 1 atom stereocenters. The van der Waals surface area contributed by atoms with E-state index in [1.165, 1.54) is 16.7 Å². The number of aromatic nitrogens is 1. The lowest BCUT2D eigenvalue weighted by atomic mass is 9.99. The molecule has 1 heterocycles. The average molecular weight is 535 g/mol. The summed E-state index contributed by atoms with van der Waals surface area (Å²) in [4.78, 5) is 13.9. The largest absolute Gasteiger partial charge is 0.494 e. The predicted octanol–water partition coefficient (Wildman–Crippen LogP) is 6.27. The van der Waals surface area contributed by atoms with Gasteiger partial charge in [-0.2, -0.15) is 0 Å². The molecule has 0 aliphatic rings. The van der Waals surface area contributed by atoms with E-state index in [0.29, 0.717) is 41.3 Å². The van der Waals surface area contributed by atoms with Crippen molar-refractivity contribution in [2.75, 3.05) is 13.2 Å². The molecule has 2 aromatic carbocycles. The molecule has 0 radical (unpaired) electrons. The van der Waals surface area contributed by atoms with Crippen molar-refractivity contribution in [2.24, 2.45) is 5.92 Å². The number of benzene rings is 2. The third kappa shape index (κ3) is 7.32. The third-order valence-corrected chi connectivity index (χ3v) is 6.61. The molecule has 7 nitrogen and oxygen atoms in total. The van der Waals surface area contributed by atoms with Crippen LogP contribution in [0.2, 0.25) is 10.0 Å². The van der Waals surface area contributed by atoms with Gasteiger partial charge in [-0.3, -0.25) is 14.3 Å². The van der Waals surface area contributed by atoms with Crippen molar-refractivity contribution in [2.45, 2.75) is 46.3 Å². The minimum Gasteiger partial charge on any atom is -0.494 e. The van der Waals surface area contributed by atoms with Gasteiger partial charge in [0.2, 0.25) is 0 Å². The molecule has 0 saturated heterocycles. The van der Waals surface area contributed by atoms with Gasteiger partial charge in [-0.25, -0.2) is 0 Å². The Morgan fingerprint density at radius 2 is 1.72 bits per heavy atom. The number of aliphatic carboxylic acids is 1. The van der Waals surface area contributed by atoms with Crippen molar-refractivity contribution in [3.05, 3.63) is 75.3 Å². The summed E-state index contributed by atoms with van der Waals surface area (Å²) in [6.45, 7) is 7.96. The van der Waals surface area contributed by atoms with Crippen molar-refractivity contribution in [3.63, 3.8) is 0 Å². The Morgan fingerprint density at radius 1 is 1.03 bits per heavy atom. The molecule has 3 rings (SSSR count). The molecule has 1 unspecified atom stereocenters. The Morgan fingerprint density at radius 3 is 2.31 bits per heavy atom. The highest BCUT2D eigenvalue weighted by atomic mass is 35.5. The molecular weight excluding hydrogens is 503 g/mol. The van der Waals surface area contributed by atoms with E-state index in [-0.39, 0.29) is 30.8 Å². The Balaban J connectivity index is 1.78. The van der Waals surface area contributed by atoms with E-state index < -0.39 is 5.97 Å². The first kappa shape index (κ1) is 27.7. The van der Waals surface area contributed by atoms with Gasteiger partial charge in [0.25, 0.3) is 0 Å². The number of carbonyl (C=O) groups is 1. The molecule has 0 fully saturated rings. The van der Waals surface area contributed by atoms with Gasteiger partial charge in [0.1, 0.15) is 12.4 Å². The van der Waals surface area contributed by atoms with Crippen molar-refractivity contribution in [1.29, 1.82) is 0 Å². The van der Waals surface area contributed by atoms with Gasteiger partial charge < -0.3 is 20.1 Å². The lowest BCUT2D eigenvalue weighted by Gasteiger charge is -2.33. The van der Waals surface area contributed by atoms with Gasteiger partial charge in [0, 0.05) is 31.3 Å². The van der Waals surface area contributed by atoms with Gasteiger partial charge in [-0.1, -0.05) is 55.2 Å². The third-order valence-electron chi connectivity index (χ3n) is 5.87.